The maximum Gasteiger partial charge on any atom is 0.323 e. The zero-order valence-electron chi connectivity index (χ0n) is 11.4. The Hall–Kier alpha value is -1.87. The van der Waals surface area contributed by atoms with Crippen LogP contribution >= 0.6 is 0 Å². The van der Waals surface area contributed by atoms with Crippen molar-refractivity contribution in [3.63, 3.8) is 0 Å². The van der Waals surface area contributed by atoms with Gasteiger partial charge in [0.25, 0.3) is 0 Å². The highest BCUT2D eigenvalue weighted by molar-refractivity contribution is 6.67. The van der Waals surface area contributed by atoms with Crippen LogP contribution in [-0.4, -0.2) is 17.7 Å². The van der Waals surface area contributed by atoms with Crippen LogP contribution in [-0.2, 0) is 12.8 Å². The van der Waals surface area contributed by atoms with Gasteiger partial charge in [0.2, 0.25) is 0 Å². The number of carbonyl (C=O) groups is 1. The molecule has 1 N–H and O–H groups in total. The van der Waals surface area contributed by atoms with Crippen molar-refractivity contribution < 1.29 is 9.82 Å². The van der Waals surface area contributed by atoms with Gasteiger partial charge >= 0.3 is 6.92 Å². The predicted molar refractivity (Wildman–Crippen MR) is 81.7 cm³/mol. The molecule has 0 atom stereocenters. The first-order valence-corrected chi connectivity index (χ1v) is 7.12. The van der Waals surface area contributed by atoms with Crippen LogP contribution in [0, 0.1) is 0 Å². The van der Waals surface area contributed by atoms with E-state index in [1.807, 2.05) is 42.5 Å². The molecule has 0 radical (unpaired) electrons. The normalized spacial score (nSPS) is 13.9. The maximum atomic E-state index is 12.2. The monoisotopic (exact) mass is 264 g/mol. The third-order valence-corrected chi connectivity index (χ3v) is 3.95. The van der Waals surface area contributed by atoms with Crippen LogP contribution in [0.1, 0.15) is 27.9 Å². The third-order valence-electron chi connectivity index (χ3n) is 3.95. The van der Waals surface area contributed by atoms with E-state index in [2.05, 4.69) is 6.07 Å². The Bertz CT molecular complexity index is 622. The van der Waals surface area contributed by atoms with E-state index in [1.54, 1.807) is 0 Å². The molecule has 1 aliphatic heterocycles. The van der Waals surface area contributed by atoms with Crippen molar-refractivity contribution in [1.82, 2.24) is 0 Å². The molecule has 3 rings (SSSR count). The summed E-state index contributed by atoms with van der Waals surface area (Å²) in [5.74, 6) is 0.121. The molecular weight excluding hydrogens is 247 g/mol. The molecule has 0 aliphatic carbocycles. The molecule has 0 aromatic heterocycles. The molecule has 0 fully saturated rings. The van der Waals surface area contributed by atoms with Crippen LogP contribution in [0.3, 0.4) is 0 Å². The molecule has 3 heteroatoms. The summed E-state index contributed by atoms with van der Waals surface area (Å²) >= 11 is 0. The van der Waals surface area contributed by atoms with Gasteiger partial charge in [0.05, 0.1) is 0 Å². The Balaban J connectivity index is 1.82. The first-order chi connectivity index (χ1) is 9.74. The molecule has 0 saturated heterocycles. The lowest BCUT2D eigenvalue weighted by atomic mass is 9.53. The summed E-state index contributed by atoms with van der Waals surface area (Å²) in [6, 6.07) is 15.4. The molecule has 2 nitrogen and oxygen atoms in total. The maximum absolute atomic E-state index is 12.2. The van der Waals surface area contributed by atoms with Crippen molar-refractivity contribution in [2.45, 2.75) is 25.6 Å². The van der Waals surface area contributed by atoms with Gasteiger partial charge in [-0.1, -0.05) is 60.5 Å². The highest BCUT2D eigenvalue weighted by Crippen LogP contribution is 2.15. The molecule has 0 saturated carbocycles. The summed E-state index contributed by atoms with van der Waals surface area (Å²) < 4.78 is 0. The average Bonchev–Trinajstić information content (AvgIpc) is 2.49. The minimum Gasteiger partial charge on any atom is -0.446 e. The summed E-state index contributed by atoms with van der Waals surface area (Å²) in [7, 11) is 0. The molecule has 0 bridgehead atoms. The number of rotatable bonds is 3. The number of Topliss-reactive ketones (excluding diaryl/α,β-unsaturated/α-hetero) is 1. The zero-order chi connectivity index (χ0) is 13.9. The van der Waals surface area contributed by atoms with E-state index in [-0.39, 0.29) is 12.7 Å². The van der Waals surface area contributed by atoms with Gasteiger partial charge in [0.15, 0.2) is 5.78 Å². The number of benzene rings is 2. The number of hydrogen-bond donors (Lipinski definition) is 1. The van der Waals surface area contributed by atoms with Crippen LogP contribution in [0.2, 0.25) is 6.32 Å². The molecule has 100 valence electrons. The van der Waals surface area contributed by atoms with Crippen LogP contribution in [0.15, 0.2) is 48.5 Å². The Kier molecular flexibility index (Phi) is 3.70. The van der Waals surface area contributed by atoms with Crippen LogP contribution in [0.4, 0.5) is 0 Å². The smallest absolute Gasteiger partial charge is 0.323 e. The molecule has 2 aromatic rings. The lowest BCUT2D eigenvalue weighted by Gasteiger charge is -2.19. The standard InChI is InChI=1S/C17H17BO2/c19-17(15-5-2-1-3-6-15)12-13-8-9-14-7-4-10-18(20)16(14)11-13/h1-3,5-6,8-9,11,20H,4,7,10,12H2. The Morgan fingerprint density at radius 3 is 2.75 bits per heavy atom. The summed E-state index contributed by atoms with van der Waals surface area (Å²) in [5, 5.41) is 10.1. The van der Waals surface area contributed by atoms with Crippen LogP contribution < -0.4 is 5.46 Å². The van der Waals surface area contributed by atoms with Gasteiger partial charge in [-0.25, -0.2) is 0 Å². The third kappa shape index (κ3) is 2.68. The first-order valence-electron chi connectivity index (χ1n) is 7.12. The number of hydrogen-bond acceptors (Lipinski definition) is 2. The van der Waals surface area contributed by atoms with Gasteiger partial charge in [-0.05, 0) is 23.8 Å². The van der Waals surface area contributed by atoms with Gasteiger partial charge in [0.1, 0.15) is 0 Å². The first kappa shape index (κ1) is 13.1. The summed E-state index contributed by atoms with van der Waals surface area (Å²) in [6.07, 6.45) is 3.28. The number of fused-ring (bicyclic) bond motifs is 1. The lowest BCUT2D eigenvalue weighted by Crippen LogP contribution is -2.36. The van der Waals surface area contributed by atoms with Gasteiger partial charge in [-0.2, -0.15) is 0 Å². The second-order valence-electron chi connectivity index (χ2n) is 5.41. The molecule has 1 heterocycles. The van der Waals surface area contributed by atoms with Crippen molar-refractivity contribution in [3.05, 3.63) is 65.2 Å². The highest BCUT2D eigenvalue weighted by atomic mass is 16.2. The quantitative estimate of drug-likeness (QED) is 0.682. The van der Waals surface area contributed by atoms with Crippen LogP contribution in [0.5, 0.6) is 0 Å². The minimum atomic E-state index is -0.370. The molecule has 0 spiro atoms. The highest BCUT2D eigenvalue weighted by Gasteiger charge is 2.22. The van der Waals surface area contributed by atoms with E-state index in [9.17, 15) is 9.82 Å². The minimum absolute atomic E-state index is 0.121. The molecule has 1 aliphatic rings. The van der Waals surface area contributed by atoms with Crippen molar-refractivity contribution in [1.29, 1.82) is 0 Å². The molecule has 0 amide bonds. The van der Waals surface area contributed by atoms with Gasteiger partial charge in [0, 0.05) is 12.0 Å². The second kappa shape index (κ2) is 5.64. The number of ketones is 1. The van der Waals surface area contributed by atoms with Crippen molar-refractivity contribution in [2.24, 2.45) is 0 Å². The van der Waals surface area contributed by atoms with Crippen molar-refractivity contribution in [2.75, 3.05) is 0 Å². The topological polar surface area (TPSA) is 37.3 Å². The predicted octanol–water partition coefficient (Wildman–Crippen LogP) is 2.25. The van der Waals surface area contributed by atoms with E-state index < -0.39 is 0 Å². The van der Waals surface area contributed by atoms with E-state index in [0.717, 1.165) is 35.8 Å². The Morgan fingerprint density at radius 1 is 1.15 bits per heavy atom. The summed E-state index contributed by atoms with van der Waals surface area (Å²) in [6.45, 7) is -0.370. The molecule has 2 aromatic carbocycles. The van der Waals surface area contributed by atoms with E-state index in [1.165, 1.54) is 5.56 Å². The largest absolute Gasteiger partial charge is 0.446 e. The number of aryl methyl sites for hydroxylation is 1. The van der Waals surface area contributed by atoms with E-state index >= 15 is 0 Å². The Morgan fingerprint density at radius 2 is 1.95 bits per heavy atom. The molecular formula is C17H17BO2. The van der Waals surface area contributed by atoms with Gasteiger partial charge in [-0.15, -0.1) is 0 Å². The van der Waals surface area contributed by atoms with Gasteiger partial charge < -0.3 is 5.02 Å². The van der Waals surface area contributed by atoms with Gasteiger partial charge in [-0.3, -0.25) is 4.79 Å². The van der Waals surface area contributed by atoms with Crippen molar-refractivity contribution >= 4 is 18.2 Å². The van der Waals surface area contributed by atoms with Crippen LogP contribution in [0.25, 0.3) is 0 Å². The zero-order valence-corrected chi connectivity index (χ0v) is 11.4. The fraction of sp³-hybridized carbons (Fsp3) is 0.235. The SMILES string of the molecule is O=C(Cc1ccc2c(c1)B(O)CCC2)c1ccccc1. The second-order valence-corrected chi connectivity index (χ2v) is 5.41. The average molecular weight is 264 g/mol. The van der Waals surface area contributed by atoms with E-state index in [4.69, 9.17) is 0 Å². The molecule has 20 heavy (non-hydrogen) atoms. The summed E-state index contributed by atoms with van der Waals surface area (Å²) in [5.41, 5.74) is 3.96. The summed E-state index contributed by atoms with van der Waals surface area (Å²) in [4.78, 5) is 12.2. The number of carbonyl (C=O) groups excluding carboxylic acids is 1. The fourth-order valence-electron chi connectivity index (χ4n) is 2.85. The van der Waals surface area contributed by atoms with E-state index in [0.29, 0.717) is 6.42 Å². The molecule has 0 unspecified atom stereocenters. The Labute approximate surface area is 119 Å². The fourth-order valence-corrected chi connectivity index (χ4v) is 2.85. The lowest BCUT2D eigenvalue weighted by molar-refractivity contribution is 0.0993. The van der Waals surface area contributed by atoms with Crippen molar-refractivity contribution in [3.8, 4) is 0 Å².